The number of hydrogen-bond acceptors (Lipinski definition) is 4. The number of methoxy groups -OCH3 is 1. The summed E-state index contributed by atoms with van der Waals surface area (Å²) in [5.74, 6) is -1.00. The predicted molar refractivity (Wildman–Crippen MR) is 85.3 cm³/mol. The SMILES string of the molecule is COC(=O)c1nc(-c2ccc(Cl)cc2)cc(NC(C)=O)c1Cl. The van der Waals surface area contributed by atoms with Gasteiger partial charge in [0.05, 0.1) is 23.5 Å². The number of anilines is 1. The number of ether oxygens (including phenoxy) is 1. The summed E-state index contributed by atoms with van der Waals surface area (Å²) in [7, 11) is 1.23. The van der Waals surface area contributed by atoms with Gasteiger partial charge in [-0.15, -0.1) is 0 Å². The number of aromatic nitrogens is 1. The molecule has 1 aromatic heterocycles. The summed E-state index contributed by atoms with van der Waals surface area (Å²) in [5.41, 5.74) is 1.40. The van der Waals surface area contributed by atoms with E-state index in [-0.39, 0.29) is 22.3 Å². The summed E-state index contributed by atoms with van der Waals surface area (Å²) in [4.78, 5) is 27.3. The lowest BCUT2D eigenvalue weighted by Crippen LogP contribution is -2.11. The van der Waals surface area contributed by atoms with E-state index in [2.05, 4.69) is 15.0 Å². The molecule has 0 aliphatic carbocycles. The molecule has 0 spiro atoms. The van der Waals surface area contributed by atoms with Crippen LogP contribution in [0, 0.1) is 0 Å². The molecule has 2 aromatic rings. The predicted octanol–water partition coefficient (Wildman–Crippen LogP) is 3.80. The molecule has 114 valence electrons. The van der Waals surface area contributed by atoms with Gasteiger partial charge in [-0.1, -0.05) is 35.3 Å². The van der Waals surface area contributed by atoms with Crippen molar-refractivity contribution in [3.05, 3.63) is 46.1 Å². The van der Waals surface area contributed by atoms with Crippen molar-refractivity contribution in [3.8, 4) is 11.3 Å². The normalized spacial score (nSPS) is 10.2. The molecule has 0 unspecified atom stereocenters. The zero-order chi connectivity index (χ0) is 16.3. The second kappa shape index (κ2) is 6.77. The first-order chi connectivity index (χ1) is 10.4. The van der Waals surface area contributed by atoms with Crippen LogP contribution in [0.15, 0.2) is 30.3 Å². The zero-order valence-electron chi connectivity index (χ0n) is 11.8. The van der Waals surface area contributed by atoms with Gasteiger partial charge in [-0.05, 0) is 18.2 Å². The smallest absolute Gasteiger partial charge is 0.358 e. The van der Waals surface area contributed by atoms with Crippen LogP contribution in [-0.4, -0.2) is 24.0 Å². The van der Waals surface area contributed by atoms with Gasteiger partial charge in [-0.3, -0.25) is 4.79 Å². The summed E-state index contributed by atoms with van der Waals surface area (Å²) < 4.78 is 4.67. The quantitative estimate of drug-likeness (QED) is 0.864. The first-order valence-electron chi connectivity index (χ1n) is 6.24. The Morgan fingerprint density at radius 1 is 1.18 bits per heavy atom. The summed E-state index contributed by atoms with van der Waals surface area (Å²) in [5, 5.41) is 3.17. The van der Waals surface area contributed by atoms with E-state index in [0.29, 0.717) is 10.7 Å². The van der Waals surface area contributed by atoms with E-state index in [1.54, 1.807) is 30.3 Å². The Hall–Kier alpha value is -2.11. The van der Waals surface area contributed by atoms with Gasteiger partial charge in [0.1, 0.15) is 0 Å². The van der Waals surface area contributed by atoms with E-state index in [1.807, 2.05) is 0 Å². The van der Waals surface area contributed by atoms with Crippen LogP contribution >= 0.6 is 23.2 Å². The summed E-state index contributed by atoms with van der Waals surface area (Å²) in [6.07, 6.45) is 0. The van der Waals surface area contributed by atoms with E-state index < -0.39 is 5.97 Å². The minimum absolute atomic E-state index is 0.0276. The second-order valence-corrected chi connectivity index (χ2v) is 5.21. The van der Waals surface area contributed by atoms with Crippen molar-refractivity contribution in [2.75, 3.05) is 12.4 Å². The molecule has 22 heavy (non-hydrogen) atoms. The second-order valence-electron chi connectivity index (χ2n) is 4.40. The third-order valence-corrected chi connectivity index (χ3v) is 3.42. The highest BCUT2D eigenvalue weighted by Gasteiger charge is 2.19. The highest BCUT2D eigenvalue weighted by molar-refractivity contribution is 6.36. The molecule has 0 fully saturated rings. The molecule has 0 bridgehead atoms. The molecular formula is C15H12Cl2N2O3. The van der Waals surface area contributed by atoms with Gasteiger partial charge in [-0.25, -0.2) is 9.78 Å². The number of carbonyl (C=O) groups is 2. The molecule has 0 saturated carbocycles. The first kappa shape index (κ1) is 16.3. The number of carbonyl (C=O) groups excluding carboxylic acids is 2. The molecule has 2 rings (SSSR count). The van der Waals surface area contributed by atoms with Crippen LogP contribution in [0.3, 0.4) is 0 Å². The van der Waals surface area contributed by atoms with E-state index in [1.165, 1.54) is 14.0 Å². The van der Waals surface area contributed by atoms with E-state index >= 15 is 0 Å². The average molecular weight is 339 g/mol. The third-order valence-electron chi connectivity index (χ3n) is 2.79. The van der Waals surface area contributed by atoms with Gasteiger partial charge in [0.15, 0.2) is 5.69 Å². The number of benzene rings is 1. The lowest BCUT2D eigenvalue weighted by atomic mass is 10.1. The summed E-state index contributed by atoms with van der Waals surface area (Å²) in [6, 6.07) is 8.47. The molecule has 5 nitrogen and oxygen atoms in total. The highest BCUT2D eigenvalue weighted by atomic mass is 35.5. The van der Waals surface area contributed by atoms with Crippen molar-refractivity contribution < 1.29 is 14.3 Å². The van der Waals surface area contributed by atoms with Crippen LogP contribution < -0.4 is 5.32 Å². The van der Waals surface area contributed by atoms with Crippen LogP contribution in [0.5, 0.6) is 0 Å². The van der Waals surface area contributed by atoms with Gasteiger partial charge in [0.25, 0.3) is 0 Å². The van der Waals surface area contributed by atoms with E-state index in [9.17, 15) is 9.59 Å². The minimum Gasteiger partial charge on any atom is -0.464 e. The maximum absolute atomic E-state index is 11.8. The largest absolute Gasteiger partial charge is 0.464 e. The molecule has 1 amide bonds. The van der Waals surface area contributed by atoms with Crippen LogP contribution in [0.4, 0.5) is 5.69 Å². The van der Waals surface area contributed by atoms with Crippen molar-refractivity contribution >= 4 is 40.8 Å². The van der Waals surface area contributed by atoms with Crippen LogP contribution in [-0.2, 0) is 9.53 Å². The number of hydrogen-bond donors (Lipinski definition) is 1. The van der Waals surface area contributed by atoms with Crippen molar-refractivity contribution in [3.63, 3.8) is 0 Å². The number of rotatable bonds is 3. The Morgan fingerprint density at radius 3 is 2.36 bits per heavy atom. The highest BCUT2D eigenvalue weighted by Crippen LogP contribution is 2.31. The fraction of sp³-hybridized carbons (Fsp3) is 0.133. The zero-order valence-corrected chi connectivity index (χ0v) is 13.3. The summed E-state index contributed by atoms with van der Waals surface area (Å²) >= 11 is 12.0. The molecule has 1 aromatic carbocycles. The van der Waals surface area contributed by atoms with Gasteiger partial charge in [0.2, 0.25) is 5.91 Å². The Labute approximate surface area is 137 Å². The molecule has 0 aliphatic heterocycles. The number of amides is 1. The van der Waals surface area contributed by atoms with Gasteiger partial charge >= 0.3 is 5.97 Å². The Morgan fingerprint density at radius 2 is 1.82 bits per heavy atom. The fourth-order valence-electron chi connectivity index (χ4n) is 1.81. The van der Waals surface area contributed by atoms with Gasteiger partial charge in [0, 0.05) is 17.5 Å². The number of esters is 1. The lowest BCUT2D eigenvalue weighted by Gasteiger charge is -2.11. The molecule has 1 N–H and O–H groups in total. The molecule has 7 heteroatoms. The van der Waals surface area contributed by atoms with E-state index in [0.717, 1.165) is 5.56 Å². The van der Waals surface area contributed by atoms with Crippen molar-refractivity contribution in [2.24, 2.45) is 0 Å². The average Bonchev–Trinajstić information content (AvgIpc) is 2.49. The van der Waals surface area contributed by atoms with Crippen molar-refractivity contribution in [2.45, 2.75) is 6.92 Å². The number of nitrogens with one attached hydrogen (secondary N) is 1. The number of pyridine rings is 1. The monoisotopic (exact) mass is 338 g/mol. The summed E-state index contributed by atoms with van der Waals surface area (Å²) in [6.45, 7) is 1.34. The number of nitrogens with zero attached hydrogens (tertiary/aromatic N) is 1. The Kier molecular flexibility index (Phi) is 5.00. The standard InChI is InChI=1S/C15H12Cl2N2O3/c1-8(20)18-12-7-11(9-3-5-10(16)6-4-9)19-14(13(12)17)15(21)22-2/h3-7H,1-2H3,(H,18,19,20). The third kappa shape index (κ3) is 3.55. The molecular weight excluding hydrogens is 327 g/mol. The molecule has 0 aliphatic rings. The van der Waals surface area contributed by atoms with Crippen LogP contribution in [0.25, 0.3) is 11.3 Å². The van der Waals surface area contributed by atoms with Gasteiger partial charge < -0.3 is 10.1 Å². The lowest BCUT2D eigenvalue weighted by molar-refractivity contribution is -0.114. The Bertz CT molecular complexity index is 730. The maximum Gasteiger partial charge on any atom is 0.358 e. The van der Waals surface area contributed by atoms with E-state index in [4.69, 9.17) is 23.2 Å². The maximum atomic E-state index is 11.8. The number of halogens is 2. The Balaban J connectivity index is 2.61. The molecule has 0 radical (unpaired) electrons. The molecule has 0 saturated heterocycles. The minimum atomic E-state index is -0.688. The van der Waals surface area contributed by atoms with Gasteiger partial charge in [-0.2, -0.15) is 0 Å². The van der Waals surface area contributed by atoms with Crippen LogP contribution in [0.1, 0.15) is 17.4 Å². The van der Waals surface area contributed by atoms with Crippen molar-refractivity contribution in [1.82, 2.24) is 4.98 Å². The van der Waals surface area contributed by atoms with Crippen molar-refractivity contribution in [1.29, 1.82) is 0 Å². The van der Waals surface area contributed by atoms with Crippen LogP contribution in [0.2, 0.25) is 10.0 Å². The first-order valence-corrected chi connectivity index (χ1v) is 7.00. The molecule has 1 heterocycles. The topological polar surface area (TPSA) is 68.3 Å². The fourth-order valence-corrected chi connectivity index (χ4v) is 2.16. The molecule has 0 atom stereocenters.